The van der Waals surface area contributed by atoms with Crippen LogP contribution in [0.1, 0.15) is 81.7 Å². The molecule has 1 N–H and O–H groups in total. The maximum atomic E-state index is 15.1. The van der Waals surface area contributed by atoms with Gasteiger partial charge in [0.2, 0.25) is 0 Å². The zero-order chi connectivity index (χ0) is 52.3. The van der Waals surface area contributed by atoms with Crippen molar-refractivity contribution in [1.29, 1.82) is 0 Å². The zero-order valence-corrected chi connectivity index (χ0v) is 45.1. The van der Waals surface area contributed by atoms with Crippen LogP contribution in [0, 0.1) is 23.2 Å². The van der Waals surface area contributed by atoms with Gasteiger partial charge in [-0.1, -0.05) is 6.58 Å². The van der Waals surface area contributed by atoms with Crippen molar-refractivity contribution in [2.75, 3.05) is 46.9 Å². The van der Waals surface area contributed by atoms with E-state index in [2.05, 4.69) is 11.9 Å². The molecule has 21 heteroatoms. The van der Waals surface area contributed by atoms with E-state index < -0.39 is 80.7 Å². The Labute approximate surface area is 441 Å². The maximum absolute atomic E-state index is 15.1. The molecule has 2 aliphatic carbocycles. The van der Waals surface area contributed by atoms with Gasteiger partial charge in [0, 0.05) is 13.3 Å². The van der Waals surface area contributed by atoms with E-state index in [9.17, 15) is 32.3 Å². The molecule has 5 amide bonds. The molecule has 0 radical (unpaired) electrons. The number of carbonyl (C=O) groups is 5. The Bertz CT molecular complexity index is 3020. The number of carbonyl (C=O) groups excluding carboxylic acids is 5. The fourth-order valence-corrected chi connectivity index (χ4v) is 16.0. The standard InChI is InChI=1S/C53H60F3IN9O7S/c1-8-38(67)64-20-19-62(25-52(64)15-16-52)50(71)61(6)43(28(2)3)47(68)60-46-41(57-46)33-22-37-59-34(24-74-37)29-13-14-35-32(21-29)39-40(45(72-7)42-31(11-9-17-58-42)44(39)63(35)26-53(54,55)56)51(4,5)27-73-49(70)30-12-10-18-65(48(33)69)66-23-36(30)66/h8-9,11,13-14,17,21,23-24,28,30,33,40-41,43,45-46H,1,10,12,15-16,18-20,22,25-27H2,2-7H3,(H,60,68)/q-1/t30-,33?,40?,41?,43+,45+,46?,66?/m1/s1. The van der Waals surface area contributed by atoms with E-state index >= 15 is 4.79 Å². The minimum atomic E-state index is -4.56. The Morgan fingerprint density at radius 3 is 2.64 bits per heavy atom. The number of fused-ring (bicyclic) bond motifs is 6. The molecule has 74 heavy (non-hydrogen) atoms. The number of urea groups is 1. The molecule has 5 aliphatic heterocycles. The fraction of sp³-hybridized carbons (Fsp3) is 0.528. The molecular formula is C53H60F3IN9O7S-. The van der Waals surface area contributed by atoms with E-state index in [1.165, 1.54) is 26.9 Å². The number of rotatable bonds is 8. The van der Waals surface area contributed by atoms with E-state index in [0.717, 1.165) is 12.8 Å². The molecule has 4 fully saturated rings. The van der Waals surface area contributed by atoms with Gasteiger partial charge < -0.3 is 4.74 Å². The monoisotopic (exact) mass is 1150 g/mol. The van der Waals surface area contributed by atoms with Crippen LogP contribution in [0.3, 0.4) is 0 Å². The van der Waals surface area contributed by atoms with Gasteiger partial charge in [-0.3, -0.25) is 4.98 Å². The molecule has 7 aliphatic rings. The van der Waals surface area contributed by atoms with Crippen LogP contribution in [-0.2, 0) is 41.6 Å². The molecule has 7 atom stereocenters. The summed E-state index contributed by atoms with van der Waals surface area (Å²) in [4.78, 5) is 85.4. The molecule has 394 valence electrons. The quantitative estimate of drug-likeness (QED) is 0.0896. The first-order valence-corrected chi connectivity index (χ1v) is 28.6. The first-order chi connectivity index (χ1) is 35.2. The van der Waals surface area contributed by atoms with Crippen molar-refractivity contribution in [3.63, 3.8) is 0 Å². The van der Waals surface area contributed by atoms with Gasteiger partial charge in [0.15, 0.2) is 0 Å². The van der Waals surface area contributed by atoms with Crippen LogP contribution in [0.15, 0.2) is 66.5 Å². The number of nitrogens with zero attached hydrogens (tertiary/aromatic N) is 8. The number of benzene rings is 1. The van der Waals surface area contributed by atoms with Crippen LogP contribution < -0.4 is 26.5 Å². The summed E-state index contributed by atoms with van der Waals surface area (Å²) in [6.45, 7) is 11.5. The van der Waals surface area contributed by atoms with Crippen LogP contribution in [0.5, 0.6) is 0 Å². The average molecular weight is 1150 g/mol. The van der Waals surface area contributed by atoms with Crippen LogP contribution in [-0.4, -0.2) is 142 Å². The second-order valence-corrected chi connectivity index (χ2v) is 26.2. The molecule has 4 aromatic rings. The predicted molar refractivity (Wildman–Crippen MR) is 264 cm³/mol. The second-order valence-electron chi connectivity index (χ2n) is 21.8. The number of hydrazine groups is 1. The van der Waals surface area contributed by atoms with Crippen molar-refractivity contribution in [1.82, 2.24) is 44.6 Å². The molecule has 1 aromatic carbocycles. The summed E-state index contributed by atoms with van der Waals surface area (Å²) in [6.07, 6.45) is 2.29. The third-order valence-electron chi connectivity index (χ3n) is 16.1. The first kappa shape index (κ1) is 50.6. The molecule has 6 bridgehead atoms. The van der Waals surface area contributed by atoms with Gasteiger partial charge in [-0.25, -0.2) is 0 Å². The Balaban J connectivity index is 0.920. The zero-order valence-electron chi connectivity index (χ0n) is 42.2. The Kier molecular flexibility index (Phi) is 12.7. The van der Waals surface area contributed by atoms with Crippen LogP contribution in [0.25, 0.3) is 33.4 Å². The van der Waals surface area contributed by atoms with Crippen LogP contribution in [0.2, 0.25) is 0 Å². The van der Waals surface area contributed by atoms with Gasteiger partial charge in [0.05, 0.1) is 5.69 Å². The Morgan fingerprint density at radius 2 is 1.92 bits per heavy atom. The number of aromatic nitrogens is 3. The molecule has 1 spiro atoms. The molecule has 3 aromatic heterocycles. The average Bonchev–Trinajstić information content (AvgIpc) is 4.33. The van der Waals surface area contributed by atoms with Gasteiger partial charge in [0.25, 0.3) is 0 Å². The van der Waals surface area contributed by atoms with Gasteiger partial charge in [-0.05, 0) is 12.1 Å². The van der Waals surface area contributed by atoms with E-state index in [1.807, 2.05) is 44.0 Å². The van der Waals surface area contributed by atoms with E-state index in [-0.39, 0.29) is 50.7 Å². The van der Waals surface area contributed by atoms with E-state index in [4.69, 9.17) is 19.4 Å². The van der Waals surface area contributed by atoms with E-state index in [1.54, 1.807) is 65.7 Å². The van der Waals surface area contributed by atoms with Crippen molar-refractivity contribution in [3.8, 4) is 22.5 Å². The third kappa shape index (κ3) is 8.84. The number of hydrogen-bond donors (Lipinski definition) is 1. The summed E-state index contributed by atoms with van der Waals surface area (Å²) in [6, 6.07) is 7.80. The number of hydrogen-bond acceptors (Lipinski definition) is 11. The number of pyridine rings is 1. The van der Waals surface area contributed by atoms with Gasteiger partial charge >= 0.3 is 383 Å². The summed E-state index contributed by atoms with van der Waals surface area (Å²) >= 11 is 0.673. The molecule has 4 unspecified atom stereocenters. The van der Waals surface area contributed by atoms with Crippen molar-refractivity contribution in [2.24, 2.45) is 23.2 Å². The number of nitrogens with one attached hydrogen (secondary N) is 1. The number of halogens is 4. The van der Waals surface area contributed by atoms with Crippen LogP contribution >= 0.6 is 11.3 Å². The number of esters is 1. The Morgan fingerprint density at radius 1 is 1.14 bits per heavy atom. The summed E-state index contributed by atoms with van der Waals surface area (Å²) in [5.74, 6) is -3.11. The van der Waals surface area contributed by atoms with Gasteiger partial charge in [-0.2, -0.15) is 13.2 Å². The number of thiazole rings is 1. The van der Waals surface area contributed by atoms with E-state index in [0.29, 0.717) is 94.4 Å². The predicted octanol–water partition coefficient (Wildman–Crippen LogP) is 4.08. The normalized spacial score (nSPS) is 26.2. The number of ether oxygens (including phenoxy) is 2. The van der Waals surface area contributed by atoms with Crippen molar-refractivity contribution >= 4 is 52.0 Å². The van der Waals surface area contributed by atoms with Gasteiger partial charge in [-0.15, -0.1) is 0 Å². The van der Waals surface area contributed by atoms with Crippen LogP contribution in [0.4, 0.5) is 18.0 Å². The molecular weight excluding hydrogens is 1090 g/mol. The fourth-order valence-electron chi connectivity index (χ4n) is 12.3. The number of cyclic esters (lactones) is 1. The SMILES string of the molecule is C=CC(=O)N1CCN(C(=O)N(C)[C@H](C(=O)NC2[I-]C2C2Cc3nc(cs3)-c3ccc4c(c3)c3c(n4CC(F)(F)F)-c4cccnc4[C@@H](OC)C3C(C)(C)COC(=O)[C@@H]3CCCN(C2=O)N2C=C32)C(C)C)CC12CC2. The molecule has 3 saturated heterocycles. The number of piperazine rings is 1. The number of alkyl halides is 5. The summed E-state index contributed by atoms with van der Waals surface area (Å²) < 4.78 is 57.5. The van der Waals surface area contributed by atoms with Gasteiger partial charge in [0.1, 0.15) is 0 Å². The van der Waals surface area contributed by atoms with Crippen molar-refractivity contribution in [3.05, 3.63) is 82.7 Å². The summed E-state index contributed by atoms with van der Waals surface area (Å²) in [5.41, 5.74) is 3.11. The Hall–Kier alpha value is -5.55. The number of amides is 5. The van der Waals surface area contributed by atoms with Crippen molar-refractivity contribution < 1.29 is 67.8 Å². The topological polar surface area (TPSA) is 163 Å². The summed E-state index contributed by atoms with van der Waals surface area (Å²) in [5, 5.41) is 9.95. The molecule has 11 rings (SSSR count). The number of methoxy groups -OCH3 is 1. The molecule has 16 nitrogen and oxygen atoms in total. The number of likely N-dealkylation sites (N-methyl/N-ethyl adjacent to an activating group) is 1. The first-order valence-electron chi connectivity index (χ1n) is 25.3. The summed E-state index contributed by atoms with van der Waals surface area (Å²) in [7, 11) is 3.21. The minimum absolute atomic E-state index is 0.0798. The second kappa shape index (κ2) is 18.6. The van der Waals surface area contributed by atoms with Crippen molar-refractivity contribution in [2.45, 2.75) is 104 Å². The third-order valence-corrected chi connectivity index (χ3v) is 20.4. The molecule has 1 saturated carbocycles. The molecule has 8 heterocycles.